The zero-order chi connectivity index (χ0) is 21.9. The van der Waals surface area contributed by atoms with Gasteiger partial charge < -0.3 is 5.11 Å². The highest BCUT2D eigenvalue weighted by Gasteiger charge is 2.47. The van der Waals surface area contributed by atoms with E-state index in [0.29, 0.717) is 0 Å². The smallest absolute Gasteiger partial charge is 0.321 e. The molecular formula is C23H13BF3NO2. The first-order chi connectivity index (χ1) is 14.3. The molecule has 0 amide bonds. The van der Waals surface area contributed by atoms with Crippen LogP contribution in [-0.2, 0) is 10.3 Å². The highest BCUT2D eigenvalue weighted by molar-refractivity contribution is 6.39. The Morgan fingerprint density at radius 3 is 1.50 bits per heavy atom. The van der Waals surface area contributed by atoms with E-state index in [1.165, 1.54) is 36.4 Å². The lowest BCUT2D eigenvalue weighted by atomic mass is 9.69. The molecule has 0 fully saturated rings. The zero-order valence-electron chi connectivity index (χ0n) is 15.4. The average molecular weight is 403 g/mol. The van der Waals surface area contributed by atoms with E-state index in [0.717, 1.165) is 36.4 Å². The lowest BCUT2D eigenvalue weighted by Gasteiger charge is -2.28. The summed E-state index contributed by atoms with van der Waals surface area (Å²) >= 11 is 0. The number of carboxylic acids is 1. The lowest BCUT2D eigenvalue weighted by Crippen LogP contribution is -2.28. The van der Waals surface area contributed by atoms with E-state index in [-0.39, 0.29) is 22.3 Å². The molecule has 3 nitrogen and oxygen atoms in total. The fourth-order valence-electron chi connectivity index (χ4n) is 3.31. The number of rotatable bonds is 5. The van der Waals surface area contributed by atoms with Crippen LogP contribution in [0, 0.1) is 24.0 Å². The normalized spacial score (nSPS) is 12.1. The van der Waals surface area contributed by atoms with Crippen molar-refractivity contribution in [3.05, 3.63) is 124 Å². The van der Waals surface area contributed by atoms with Gasteiger partial charge in [0.1, 0.15) is 25.3 Å². The van der Waals surface area contributed by atoms with Crippen LogP contribution >= 0.6 is 0 Å². The molecule has 3 rings (SSSR count). The standard InChI is InChI=1S/C23H13BF3NO2/c1-28-23(15-4-10-18(26)11-5-15,16-6-12-19(27)13-7-16)20(21(24)22(29)30)14-2-8-17(25)9-3-14/h2-13H,(H,29,30). The van der Waals surface area contributed by atoms with Gasteiger partial charge in [0.25, 0.3) is 0 Å². The molecule has 0 aromatic heterocycles. The molecule has 0 aliphatic heterocycles. The molecule has 0 bridgehead atoms. The average Bonchev–Trinajstić information content (AvgIpc) is 2.74. The SMILES string of the molecule is [B]C(C(=O)O)=C(c1ccc(F)cc1)C([N+]#[C-])(c1ccc(F)cc1)c1ccc(F)cc1. The Kier molecular flexibility index (Phi) is 5.79. The van der Waals surface area contributed by atoms with Crippen LogP contribution in [0.15, 0.2) is 78.3 Å². The highest BCUT2D eigenvalue weighted by Crippen LogP contribution is 2.47. The highest BCUT2D eigenvalue weighted by atomic mass is 19.1. The molecule has 0 unspecified atom stereocenters. The largest absolute Gasteiger partial charge is 0.478 e. The van der Waals surface area contributed by atoms with Crippen LogP contribution in [0.2, 0.25) is 0 Å². The van der Waals surface area contributed by atoms with Crippen molar-refractivity contribution in [3.8, 4) is 0 Å². The Morgan fingerprint density at radius 2 is 1.17 bits per heavy atom. The molecule has 0 aliphatic carbocycles. The number of carboxylic acid groups (broad SMARTS) is 1. The summed E-state index contributed by atoms with van der Waals surface area (Å²) in [6.07, 6.45) is 0. The Bertz CT molecular complexity index is 1100. The van der Waals surface area contributed by atoms with E-state index >= 15 is 0 Å². The van der Waals surface area contributed by atoms with Gasteiger partial charge in [-0.3, -0.25) is 4.85 Å². The summed E-state index contributed by atoms with van der Waals surface area (Å²) in [6, 6.07) is 14.6. The second kappa shape index (κ2) is 8.30. The fourth-order valence-corrected chi connectivity index (χ4v) is 3.31. The Labute approximate surface area is 172 Å². The van der Waals surface area contributed by atoms with E-state index in [1.807, 2.05) is 0 Å². The number of benzene rings is 3. The van der Waals surface area contributed by atoms with Crippen molar-refractivity contribution in [1.82, 2.24) is 0 Å². The molecule has 0 aliphatic rings. The number of halogens is 3. The molecule has 3 aromatic rings. The monoisotopic (exact) mass is 403 g/mol. The van der Waals surface area contributed by atoms with Gasteiger partial charge in [0.15, 0.2) is 0 Å². The first-order valence-corrected chi connectivity index (χ1v) is 8.69. The summed E-state index contributed by atoms with van der Waals surface area (Å²) in [4.78, 5) is 15.6. The van der Waals surface area contributed by atoms with Gasteiger partial charge in [0.05, 0.1) is 5.57 Å². The minimum absolute atomic E-state index is 0.136. The van der Waals surface area contributed by atoms with Crippen LogP contribution in [0.5, 0.6) is 0 Å². The van der Waals surface area contributed by atoms with Crippen molar-refractivity contribution < 1.29 is 23.1 Å². The molecule has 7 heteroatoms. The minimum atomic E-state index is -1.86. The third kappa shape index (κ3) is 3.72. The zero-order valence-corrected chi connectivity index (χ0v) is 15.4. The summed E-state index contributed by atoms with van der Waals surface area (Å²) in [5.74, 6) is -3.18. The van der Waals surface area contributed by atoms with E-state index in [4.69, 9.17) is 14.4 Å². The van der Waals surface area contributed by atoms with Crippen LogP contribution < -0.4 is 0 Å². The second-order valence-corrected chi connectivity index (χ2v) is 6.44. The topological polar surface area (TPSA) is 41.7 Å². The molecule has 0 heterocycles. The summed E-state index contributed by atoms with van der Waals surface area (Å²) in [5.41, 5.74) is -2.03. The molecule has 1 N–H and O–H groups in total. The van der Waals surface area contributed by atoms with Gasteiger partial charge in [-0.05, 0) is 71.7 Å². The van der Waals surface area contributed by atoms with Crippen molar-refractivity contribution >= 4 is 19.4 Å². The quantitative estimate of drug-likeness (QED) is 0.373. The molecule has 2 radical (unpaired) electrons. The number of hydrogen-bond donors (Lipinski definition) is 1. The van der Waals surface area contributed by atoms with Crippen molar-refractivity contribution in [2.45, 2.75) is 5.54 Å². The lowest BCUT2D eigenvalue weighted by molar-refractivity contribution is -0.131. The van der Waals surface area contributed by atoms with Crippen molar-refractivity contribution in [1.29, 1.82) is 0 Å². The van der Waals surface area contributed by atoms with Gasteiger partial charge in [-0.2, -0.15) is 0 Å². The van der Waals surface area contributed by atoms with Gasteiger partial charge >= 0.3 is 11.5 Å². The number of aliphatic carboxylic acids is 1. The molecular weight excluding hydrogens is 390 g/mol. The van der Waals surface area contributed by atoms with E-state index < -0.39 is 34.4 Å². The Morgan fingerprint density at radius 1 is 0.800 bits per heavy atom. The minimum Gasteiger partial charge on any atom is -0.478 e. The van der Waals surface area contributed by atoms with E-state index in [1.54, 1.807) is 0 Å². The van der Waals surface area contributed by atoms with Crippen LogP contribution in [0.4, 0.5) is 13.2 Å². The van der Waals surface area contributed by atoms with E-state index in [9.17, 15) is 23.1 Å². The molecule has 0 saturated heterocycles. The van der Waals surface area contributed by atoms with Crippen LogP contribution in [-0.4, -0.2) is 18.9 Å². The maximum absolute atomic E-state index is 13.6. The number of nitrogens with zero attached hydrogens (tertiary/aromatic N) is 1. The van der Waals surface area contributed by atoms with Gasteiger partial charge in [-0.15, -0.1) is 0 Å². The Hall–Kier alpha value is -3.79. The molecule has 0 spiro atoms. The maximum Gasteiger partial charge on any atom is 0.321 e. The molecule has 0 saturated carbocycles. The molecule has 0 atom stereocenters. The summed E-state index contributed by atoms with van der Waals surface area (Å²) < 4.78 is 40.7. The van der Waals surface area contributed by atoms with Crippen molar-refractivity contribution in [2.75, 3.05) is 0 Å². The molecule has 146 valence electrons. The van der Waals surface area contributed by atoms with E-state index in [2.05, 4.69) is 4.85 Å². The number of carbonyl (C=O) groups is 1. The fraction of sp³-hybridized carbons (Fsp3) is 0.0435. The van der Waals surface area contributed by atoms with Crippen LogP contribution in [0.1, 0.15) is 16.7 Å². The molecule has 30 heavy (non-hydrogen) atoms. The third-order valence-corrected chi connectivity index (χ3v) is 4.69. The first kappa shape index (κ1) is 20.9. The number of hydrogen-bond acceptors (Lipinski definition) is 1. The van der Waals surface area contributed by atoms with Gasteiger partial charge in [-0.25, -0.2) is 24.5 Å². The van der Waals surface area contributed by atoms with Crippen molar-refractivity contribution in [3.63, 3.8) is 0 Å². The predicted molar refractivity (Wildman–Crippen MR) is 107 cm³/mol. The van der Waals surface area contributed by atoms with Crippen molar-refractivity contribution in [2.24, 2.45) is 0 Å². The summed E-state index contributed by atoms with van der Waals surface area (Å²) in [6.45, 7) is 8.03. The predicted octanol–water partition coefficient (Wildman–Crippen LogP) is 4.93. The molecule has 3 aromatic carbocycles. The first-order valence-electron chi connectivity index (χ1n) is 8.69. The van der Waals surface area contributed by atoms with Gasteiger partial charge in [0, 0.05) is 11.1 Å². The second-order valence-electron chi connectivity index (χ2n) is 6.44. The van der Waals surface area contributed by atoms with Gasteiger partial charge in [0.2, 0.25) is 0 Å². The summed E-state index contributed by atoms with van der Waals surface area (Å²) in [7, 11) is 5.92. The summed E-state index contributed by atoms with van der Waals surface area (Å²) in [5, 5.41) is 9.63. The Balaban J connectivity index is 2.47. The van der Waals surface area contributed by atoms with Crippen LogP contribution in [0.25, 0.3) is 10.4 Å². The van der Waals surface area contributed by atoms with Gasteiger partial charge in [-0.1, -0.05) is 12.1 Å². The maximum atomic E-state index is 13.6. The van der Waals surface area contributed by atoms with Crippen LogP contribution in [0.3, 0.4) is 0 Å². The third-order valence-electron chi connectivity index (χ3n) is 4.69.